The number of halogens is 1. The SMILES string of the molecule is C#C.C=O.CO.Cc1cc(C(=O)N[C@H](CNCC(=O)NCC(C)C)Cc2ccccc2)cc(N(C)C)c1.O=CNCc1ccc(F)cc1. The van der Waals surface area contributed by atoms with Crippen LogP contribution in [0.1, 0.15) is 40.9 Å². The summed E-state index contributed by atoms with van der Waals surface area (Å²) in [6.07, 6.45) is 9.29. The van der Waals surface area contributed by atoms with Gasteiger partial charge in [-0.1, -0.05) is 56.3 Å². The van der Waals surface area contributed by atoms with Crippen LogP contribution in [0.3, 0.4) is 0 Å². The molecule has 1 atom stereocenters. The van der Waals surface area contributed by atoms with Gasteiger partial charge in [0.15, 0.2) is 0 Å². The normalized spacial score (nSPS) is 9.98. The minimum absolute atomic E-state index is 0.0344. The first-order chi connectivity index (χ1) is 23.1. The molecule has 3 rings (SSSR count). The van der Waals surface area contributed by atoms with Crippen LogP contribution in [-0.4, -0.2) is 77.0 Å². The minimum atomic E-state index is -0.264. The summed E-state index contributed by atoms with van der Waals surface area (Å²) >= 11 is 0. The van der Waals surface area contributed by atoms with Crippen LogP contribution in [0, 0.1) is 31.5 Å². The van der Waals surface area contributed by atoms with Gasteiger partial charge < -0.3 is 36.1 Å². The van der Waals surface area contributed by atoms with Gasteiger partial charge in [-0.05, 0) is 66.3 Å². The molecule has 262 valence electrons. The van der Waals surface area contributed by atoms with Gasteiger partial charge in [-0.2, -0.15) is 0 Å². The third-order valence-corrected chi connectivity index (χ3v) is 6.19. The molecular formula is C37H52FN5O5. The van der Waals surface area contributed by atoms with Gasteiger partial charge in [0, 0.05) is 58.1 Å². The molecule has 3 aromatic carbocycles. The van der Waals surface area contributed by atoms with Crippen LogP contribution in [0.4, 0.5) is 10.1 Å². The van der Waals surface area contributed by atoms with E-state index in [9.17, 15) is 18.8 Å². The maximum atomic E-state index is 13.0. The molecular weight excluding hydrogens is 613 g/mol. The molecule has 3 amide bonds. The summed E-state index contributed by atoms with van der Waals surface area (Å²) in [5.74, 6) is 0.00175. The Labute approximate surface area is 285 Å². The van der Waals surface area contributed by atoms with Gasteiger partial charge in [0.2, 0.25) is 12.3 Å². The zero-order valence-corrected chi connectivity index (χ0v) is 29.0. The van der Waals surface area contributed by atoms with Crippen molar-refractivity contribution < 1.29 is 28.7 Å². The zero-order chi connectivity index (χ0) is 36.9. The quantitative estimate of drug-likeness (QED) is 0.131. The Kier molecular flexibility index (Phi) is 26.5. The number of anilines is 1. The van der Waals surface area contributed by atoms with Crippen molar-refractivity contribution in [2.75, 3.05) is 45.7 Å². The maximum Gasteiger partial charge on any atom is 0.251 e. The first-order valence-corrected chi connectivity index (χ1v) is 15.2. The molecule has 48 heavy (non-hydrogen) atoms. The second-order valence-electron chi connectivity index (χ2n) is 10.8. The van der Waals surface area contributed by atoms with Crippen molar-refractivity contribution in [1.29, 1.82) is 0 Å². The van der Waals surface area contributed by atoms with Crippen LogP contribution in [0.25, 0.3) is 0 Å². The van der Waals surface area contributed by atoms with Crippen molar-refractivity contribution in [3.05, 3.63) is 101 Å². The standard InChI is InChI=1S/C25H36N4O2.C8H8FNO.C2H2.CH4O.CH2O/c1-18(2)15-27-24(30)17-26-16-22(13-20-9-7-6-8-10-20)28-25(31)21-11-19(3)12-23(14-21)29(4)5;9-8-3-1-7(2-4-8)5-10-6-11;3*1-2/h6-12,14,18,22,26H,13,15-17H2,1-5H3,(H,27,30)(H,28,31);1-4,6H,5H2,(H,10,11);1-2H;2H,1H3;1H2/t22-;;;;/m0..../s1. The average Bonchev–Trinajstić information content (AvgIpc) is 3.10. The van der Waals surface area contributed by atoms with E-state index in [1.54, 1.807) is 12.1 Å². The Morgan fingerprint density at radius 2 is 1.54 bits per heavy atom. The lowest BCUT2D eigenvalue weighted by atomic mass is 10.0. The van der Waals surface area contributed by atoms with Crippen molar-refractivity contribution in [3.63, 3.8) is 0 Å². The number of nitrogens with one attached hydrogen (secondary N) is 4. The van der Waals surface area contributed by atoms with Crippen LogP contribution in [-0.2, 0) is 27.3 Å². The van der Waals surface area contributed by atoms with E-state index in [-0.39, 0.29) is 30.2 Å². The molecule has 10 nitrogen and oxygen atoms in total. The van der Waals surface area contributed by atoms with E-state index in [0.717, 1.165) is 29.5 Å². The van der Waals surface area contributed by atoms with Crippen LogP contribution in [0.5, 0.6) is 0 Å². The lowest BCUT2D eigenvalue weighted by Crippen LogP contribution is -2.46. The highest BCUT2D eigenvalue weighted by Gasteiger charge is 2.16. The van der Waals surface area contributed by atoms with Crippen LogP contribution in [0.2, 0.25) is 0 Å². The molecule has 0 aliphatic heterocycles. The third kappa shape index (κ3) is 20.9. The molecule has 3 aromatic rings. The van der Waals surface area contributed by atoms with Gasteiger partial charge in [0.1, 0.15) is 12.6 Å². The third-order valence-electron chi connectivity index (χ3n) is 6.19. The summed E-state index contributed by atoms with van der Waals surface area (Å²) in [5.41, 5.74) is 4.69. The Morgan fingerprint density at radius 1 is 0.938 bits per heavy atom. The lowest BCUT2D eigenvalue weighted by molar-refractivity contribution is -0.120. The summed E-state index contributed by atoms with van der Waals surface area (Å²) in [7, 11) is 4.92. The van der Waals surface area contributed by atoms with Gasteiger partial charge in [0.05, 0.1) is 6.54 Å². The fourth-order valence-electron chi connectivity index (χ4n) is 4.00. The molecule has 11 heteroatoms. The average molecular weight is 666 g/mol. The molecule has 0 fully saturated rings. The topological polar surface area (TPSA) is 140 Å². The number of aliphatic hydroxyl groups excluding tert-OH is 1. The van der Waals surface area contributed by atoms with E-state index in [1.807, 2.05) is 75.2 Å². The summed E-state index contributed by atoms with van der Waals surface area (Å²) in [5, 5.41) is 18.7. The van der Waals surface area contributed by atoms with Gasteiger partial charge in [-0.15, -0.1) is 12.8 Å². The number of rotatable bonds is 14. The Morgan fingerprint density at radius 3 is 2.08 bits per heavy atom. The van der Waals surface area contributed by atoms with Crippen molar-refractivity contribution in [1.82, 2.24) is 21.3 Å². The van der Waals surface area contributed by atoms with E-state index in [2.05, 4.69) is 54.0 Å². The summed E-state index contributed by atoms with van der Waals surface area (Å²) in [6, 6.07) is 21.7. The van der Waals surface area contributed by atoms with Gasteiger partial charge in [-0.25, -0.2) is 4.39 Å². The van der Waals surface area contributed by atoms with Crippen LogP contribution in [0.15, 0.2) is 72.8 Å². The fraction of sp³-hybridized carbons (Fsp3) is 0.351. The number of aliphatic hydroxyl groups is 1. The molecule has 0 aliphatic carbocycles. The smallest absolute Gasteiger partial charge is 0.251 e. The van der Waals surface area contributed by atoms with Gasteiger partial charge >= 0.3 is 0 Å². The van der Waals surface area contributed by atoms with Crippen molar-refractivity contribution in [2.24, 2.45) is 5.92 Å². The number of terminal acetylenes is 1. The predicted octanol–water partition coefficient (Wildman–Crippen LogP) is 3.51. The molecule has 0 aromatic heterocycles. The van der Waals surface area contributed by atoms with Crippen LogP contribution >= 0.6 is 0 Å². The molecule has 0 saturated carbocycles. The summed E-state index contributed by atoms with van der Waals surface area (Å²) in [6.45, 7) is 9.95. The second kappa shape index (κ2) is 28.2. The molecule has 0 spiro atoms. The first-order valence-electron chi connectivity index (χ1n) is 15.2. The molecule has 0 saturated heterocycles. The van der Waals surface area contributed by atoms with Crippen molar-refractivity contribution in [2.45, 2.75) is 39.8 Å². The summed E-state index contributed by atoms with van der Waals surface area (Å²) < 4.78 is 12.3. The number of hydrogen-bond donors (Lipinski definition) is 5. The molecule has 0 radical (unpaired) electrons. The molecule has 5 N–H and O–H groups in total. The number of nitrogens with zero attached hydrogens (tertiary/aromatic N) is 1. The van der Waals surface area contributed by atoms with Crippen molar-refractivity contribution >= 4 is 30.7 Å². The number of carbonyl (C=O) groups is 4. The second-order valence-corrected chi connectivity index (χ2v) is 10.8. The number of hydrogen-bond acceptors (Lipinski definition) is 7. The Balaban J connectivity index is 0. The minimum Gasteiger partial charge on any atom is -0.400 e. The Bertz CT molecular complexity index is 1320. The van der Waals surface area contributed by atoms with E-state index in [0.29, 0.717) is 43.9 Å². The molecule has 0 aliphatic rings. The fourth-order valence-corrected chi connectivity index (χ4v) is 4.00. The number of amides is 3. The Hall–Kier alpha value is -5.05. The largest absolute Gasteiger partial charge is 0.400 e. The number of benzene rings is 3. The summed E-state index contributed by atoms with van der Waals surface area (Å²) in [4.78, 5) is 44.9. The highest BCUT2D eigenvalue weighted by atomic mass is 19.1. The monoisotopic (exact) mass is 665 g/mol. The van der Waals surface area contributed by atoms with E-state index in [1.165, 1.54) is 12.1 Å². The molecule has 0 heterocycles. The van der Waals surface area contributed by atoms with E-state index < -0.39 is 0 Å². The van der Waals surface area contributed by atoms with E-state index >= 15 is 0 Å². The predicted molar refractivity (Wildman–Crippen MR) is 192 cm³/mol. The van der Waals surface area contributed by atoms with Gasteiger partial charge in [0.25, 0.3) is 5.91 Å². The number of aryl methyl sites for hydroxylation is 1. The zero-order valence-electron chi connectivity index (χ0n) is 29.0. The van der Waals surface area contributed by atoms with Crippen LogP contribution < -0.4 is 26.2 Å². The molecule has 0 bridgehead atoms. The van der Waals surface area contributed by atoms with E-state index in [4.69, 9.17) is 9.90 Å². The lowest BCUT2D eigenvalue weighted by Gasteiger charge is -2.21. The van der Waals surface area contributed by atoms with Gasteiger partial charge in [-0.3, -0.25) is 14.4 Å². The number of carbonyl (C=O) groups excluding carboxylic acids is 4. The van der Waals surface area contributed by atoms with Crippen molar-refractivity contribution in [3.8, 4) is 12.8 Å². The maximum absolute atomic E-state index is 13.0. The first kappa shape index (κ1) is 45.1. The highest BCUT2D eigenvalue weighted by molar-refractivity contribution is 5.95. The highest BCUT2D eigenvalue weighted by Crippen LogP contribution is 2.17. The molecule has 0 unspecified atom stereocenters.